The Kier molecular flexibility index (Phi) is 6.06. The Labute approximate surface area is 177 Å². The summed E-state index contributed by atoms with van der Waals surface area (Å²) in [5.41, 5.74) is 1.92. The molecule has 2 amide bonds. The maximum absolute atomic E-state index is 13.8. The summed E-state index contributed by atoms with van der Waals surface area (Å²) < 4.78 is 19.2. The number of hydrogen-bond acceptors (Lipinski definition) is 5. The Bertz CT molecular complexity index is 1020. The summed E-state index contributed by atoms with van der Waals surface area (Å²) in [4.78, 5) is 14.4. The van der Waals surface area contributed by atoms with Gasteiger partial charge in [0.2, 0.25) is 0 Å². The highest BCUT2D eigenvalue weighted by Crippen LogP contribution is 2.26. The number of benzene rings is 2. The topological polar surface area (TPSA) is 79.4 Å². The Hall–Kier alpha value is -3.23. The number of halogens is 2. The van der Waals surface area contributed by atoms with E-state index < -0.39 is 11.8 Å². The van der Waals surface area contributed by atoms with Gasteiger partial charge in [-0.15, -0.1) is 10.2 Å². The van der Waals surface area contributed by atoms with Crippen LogP contribution in [0.15, 0.2) is 54.6 Å². The Morgan fingerprint density at radius 1 is 1.03 bits per heavy atom. The van der Waals surface area contributed by atoms with Gasteiger partial charge in [0.15, 0.2) is 5.82 Å². The van der Waals surface area contributed by atoms with Gasteiger partial charge in [-0.05, 0) is 36.4 Å². The maximum atomic E-state index is 13.8. The molecule has 2 aromatic carbocycles. The molecule has 0 aliphatic carbocycles. The third-order valence-electron chi connectivity index (χ3n) is 4.60. The van der Waals surface area contributed by atoms with E-state index in [1.807, 2.05) is 18.2 Å². The van der Waals surface area contributed by atoms with Crippen LogP contribution in [-0.4, -0.2) is 42.5 Å². The number of carbonyl (C=O) groups is 1. The highest BCUT2D eigenvalue weighted by atomic mass is 35.5. The van der Waals surface area contributed by atoms with Gasteiger partial charge in [-0.25, -0.2) is 9.18 Å². The predicted molar refractivity (Wildman–Crippen MR) is 115 cm³/mol. The molecule has 0 bridgehead atoms. The molecule has 9 heteroatoms. The van der Waals surface area contributed by atoms with Gasteiger partial charge in [0.1, 0.15) is 5.82 Å². The molecule has 0 spiro atoms. The van der Waals surface area contributed by atoms with Gasteiger partial charge in [0.05, 0.1) is 29.6 Å². The van der Waals surface area contributed by atoms with Crippen molar-refractivity contribution in [3.05, 3.63) is 65.4 Å². The number of anilines is 3. The van der Waals surface area contributed by atoms with Gasteiger partial charge < -0.3 is 20.3 Å². The molecule has 30 heavy (non-hydrogen) atoms. The number of ether oxygens (including phenoxy) is 1. The van der Waals surface area contributed by atoms with Crippen molar-refractivity contribution >= 4 is 34.8 Å². The third-order valence-corrected chi connectivity index (χ3v) is 4.92. The average Bonchev–Trinajstić information content (AvgIpc) is 2.77. The molecule has 0 unspecified atom stereocenters. The lowest BCUT2D eigenvalue weighted by molar-refractivity contribution is 0.122. The molecule has 7 nitrogen and oxygen atoms in total. The Morgan fingerprint density at radius 3 is 2.57 bits per heavy atom. The second-order valence-corrected chi connectivity index (χ2v) is 7.04. The third kappa shape index (κ3) is 4.67. The van der Waals surface area contributed by atoms with E-state index in [0.717, 1.165) is 24.5 Å². The number of nitrogens with one attached hydrogen (secondary N) is 2. The van der Waals surface area contributed by atoms with Crippen LogP contribution in [0.2, 0.25) is 5.02 Å². The van der Waals surface area contributed by atoms with E-state index >= 15 is 0 Å². The summed E-state index contributed by atoms with van der Waals surface area (Å²) in [5, 5.41) is 13.8. The number of morpholine rings is 1. The van der Waals surface area contributed by atoms with E-state index in [1.54, 1.807) is 18.2 Å². The quantitative estimate of drug-likeness (QED) is 0.644. The van der Waals surface area contributed by atoms with Crippen molar-refractivity contribution in [2.75, 3.05) is 41.8 Å². The van der Waals surface area contributed by atoms with Crippen LogP contribution >= 0.6 is 11.6 Å². The summed E-state index contributed by atoms with van der Waals surface area (Å²) >= 11 is 5.94. The molecule has 2 heterocycles. The lowest BCUT2D eigenvalue weighted by Crippen LogP contribution is -2.36. The van der Waals surface area contributed by atoms with Crippen molar-refractivity contribution in [2.24, 2.45) is 0 Å². The fraction of sp³-hybridized carbons (Fsp3) is 0.190. The van der Waals surface area contributed by atoms with Gasteiger partial charge in [-0.3, -0.25) is 0 Å². The van der Waals surface area contributed by atoms with Crippen molar-refractivity contribution in [1.82, 2.24) is 10.2 Å². The van der Waals surface area contributed by atoms with Crippen LogP contribution < -0.4 is 15.5 Å². The maximum Gasteiger partial charge on any atom is 0.323 e. The fourth-order valence-corrected chi connectivity index (χ4v) is 3.30. The number of aromatic nitrogens is 2. The average molecular weight is 428 g/mol. The summed E-state index contributed by atoms with van der Waals surface area (Å²) in [6, 6.07) is 14.5. The normalized spacial score (nSPS) is 13.7. The lowest BCUT2D eigenvalue weighted by atomic mass is 10.1. The van der Waals surface area contributed by atoms with Gasteiger partial charge in [0.25, 0.3) is 0 Å². The second-order valence-electron chi connectivity index (χ2n) is 6.63. The number of carbonyl (C=O) groups excluding carboxylic acids is 1. The largest absolute Gasteiger partial charge is 0.378 e. The number of urea groups is 1. The van der Waals surface area contributed by atoms with Crippen LogP contribution in [0.4, 0.5) is 26.4 Å². The van der Waals surface area contributed by atoms with E-state index in [2.05, 4.69) is 25.7 Å². The molecule has 0 atom stereocenters. The molecule has 1 saturated heterocycles. The van der Waals surface area contributed by atoms with Crippen LogP contribution in [0.5, 0.6) is 0 Å². The van der Waals surface area contributed by atoms with E-state index in [1.165, 1.54) is 18.2 Å². The molecule has 0 radical (unpaired) electrons. The van der Waals surface area contributed by atoms with Crippen molar-refractivity contribution in [2.45, 2.75) is 0 Å². The van der Waals surface area contributed by atoms with Crippen LogP contribution in [-0.2, 0) is 4.74 Å². The summed E-state index contributed by atoms with van der Waals surface area (Å²) in [6.07, 6.45) is 0. The van der Waals surface area contributed by atoms with Crippen LogP contribution in [0.3, 0.4) is 0 Å². The minimum atomic E-state index is -0.609. The van der Waals surface area contributed by atoms with E-state index in [-0.39, 0.29) is 10.7 Å². The van der Waals surface area contributed by atoms with Crippen LogP contribution in [0.1, 0.15) is 0 Å². The fourth-order valence-electron chi connectivity index (χ4n) is 3.09. The first kappa shape index (κ1) is 20.1. The van der Waals surface area contributed by atoms with E-state index in [0.29, 0.717) is 24.6 Å². The zero-order chi connectivity index (χ0) is 20.9. The standard InChI is InChI=1S/C21H19ClFN5O2/c22-16-5-2-6-17(23)20(16)25-21(29)24-15-4-1-3-14(13-15)18-7-8-19(27-26-18)28-9-11-30-12-10-28/h1-8,13H,9-12H2,(H2,24,25,29). The minimum absolute atomic E-state index is 0.0719. The lowest BCUT2D eigenvalue weighted by Gasteiger charge is -2.27. The molecule has 3 aromatic rings. The number of para-hydroxylation sites is 1. The molecule has 1 fully saturated rings. The highest BCUT2D eigenvalue weighted by Gasteiger charge is 2.14. The Balaban J connectivity index is 1.45. The minimum Gasteiger partial charge on any atom is -0.378 e. The monoisotopic (exact) mass is 427 g/mol. The number of nitrogens with zero attached hydrogens (tertiary/aromatic N) is 3. The van der Waals surface area contributed by atoms with Gasteiger partial charge >= 0.3 is 6.03 Å². The first-order valence-electron chi connectivity index (χ1n) is 9.39. The summed E-state index contributed by atoms with van der Waals surface area (Å²) in [5.74, 6) is 0.194. The molecular weight excluding hydrogens is 409 g/mol. The summed E-state index contributed by atoms with van der Waals surface area (Å²) in [6.45, 7) is 2.93. The van der Waals surface area contributed by atoms with E-state index in [4.69, 9.17) is 16.3 Å². The van der Waals surface area contributed by atoms with Gasteiger partial charge in [-0.2, -0.15) is 0 Å². The first-order valence-corrected chi connectivity index (χ1v) is 9.77. The smallest absolute Gasteiger partial charge is 0.323 e. The van der Waals surface area contributed by atoms with Crippen molar-refractivity contribution in [3.8, 4) is 11.3 Å². The van der Waals surface area contributed by atoms with E-state index in [9.17, 15) is 9.18 Å². The first-order chi connectivity index (χ1) is 14.6. The van der Waals surface area contributed by atoms with Gasteiger partial charge in [-0.1, -0.05) is 29.8 Å². The molecule has 1 aliphatic rings. The zero-order valence-electron chi connectivity index (χ0n) is 15.9. The van der Waals surface area contributed by atoms with Crippen LogP contribution in [0, 0.1) is 5.82 Å². The van der Waals surface area contributed by atoms with Crippen molar-refractivity contribution in [1.29, 1.82) is 0 Å². The summed E-state index contributed by atoms with van der Waals surface area (Å²) in [7, 11) is 0. The predicted octanol–water partition coefficient (Wildman–Crippen LogP) is 4.42. The molecule has 2 N–H and O–H groups in total. The highest BCUT2D eigenvalue weighted by molar-refractivity contribution is 6.33. The number of rotatable bonds is 4. The number of amides is 2. The van der Waals surface area contributed by atoms with Crippen LogP contribution in [0.25, 0.3) is 11.3 Å². The molecule has 1 aliphatic heterocycles. The molecule has 154 valence electrons. The van der Waals surface area contributed by atoms with Crippen molar-refractivity contribution < 1.29 is 13.9 Å². The molecular formula is C21H19ClFN5O2. The molecule has 0 saturated carbocycles. The molecule has 1 aromatic heterocycles. The SMILES string of the molecule is O=C(Nc1cccc(-c2ccc(N3CCOCC3)nn2)c1)Nc1c(F)cccc1Cl. The molecule has 4 rings (SSSR count). The van der Waals surface area contributed by atoms with Crippen molar-refractivity contribution in [3.63, 3.8) is 0 Å². The zero-order valence-corrected chi connectivity index (χ0v) is 16.7. The van der Waals surface area contributed by atoms with Gasteiger partial charge in [0, 0.05) is 24.3 Å². The number of hydrogen-bond donors (Lipinski definition) is 2. The second kappa shape index (κ2) is 9.06. The Morgan fingerprint density at radius 2 is 1.83 bits per heavy atom.